The average molecular weight is 447 g/mol. The van der Waals surface area contributed by atoms with Gasteiger partial charge in [0.1, 0.15) is 5.82 Å². The van der Waals surface area contributed by atoms with Crippen molar-refractivity contribution in [2.75, 3.05) is 31.5 Å². The predicted molar refractivity (Wildman–Crippen MR) is 132 cm³/mol. The van der Waals surface area contributed by atoms with Crippen LogP contribution in [-0.2, 0) is 18.4 Å². The van der Waals surface area contributed by atoms with Crippen molar-refractivity contribution in [3.63, 3.8) is 0 Å². The number of carbonyl (C=O) groups excluding carboxylic acids is 1. The number of nitrogens with zero attached hydrogens (tertiary/aromatic N) is 5. The van der Waals surface area contributed by atoms with E-state index in [9.17, 15) is 4.79 Å². The van der Waals surface area contributed by atoms with Gasteiger partial charge in [0.25, 0.3) is 0 Å². The number of anilines is 1. The number of nitrogens with one attached hydrogen (secondary N) is 1. The third-order valence-corrected chi connectivity index (χ3v) is 7.22. The molecule has 7 nitrogen and oxygen atoms in total. The maximum Gasteiger partial charge on any atom is 0.239 e. The highest BCUT2D eigenvalue weighted by atomic mass is 16.2. The molecule has 2 aromatic heterocycles. The number of rotatable bonds is 6. The van der Waals surface area contributed by atoms with Crippen LogP contribution in [0.2, 0.25) is 0 Å². The zero-order chi connectivity index (χ0) is 22.8. The minimum atomic E-state index is 0.00262. The molecule has 1 N–H and O–H groups in total. The molecule has 1 amide bonds. The van der Waals surface area contributed by atoms with Crippen molar-refractivity contribution < 1.29 is 4.79 Å². The molecule has 174 valence electrons. The van der Waals surface area contributed by atoms with Gasteiger partial charge >= 0.3 is 0 Å². The summed E-state index contributed by atoms with van der Waals surface area (Å²) in [6, 6.07) is 8.89. The van der Waals surface area contributed by atoms with Crippen molar-refractivity contribution in [3.05, 3.63) is 42.4 Å². The number of pyridine rings is 1. The second-order valence-electron chi connectivity index (χ2n) is 9.61. The van der Waals surface area contributed by atoms with Crippen molar-refractivity contribution >= 4 is 22.5 Å². The van der Waals surface area contributed by atoms with E-state index in [0.29, 0.717) is 18.4 Å². The van der Waals surface area contributed by atoms with Gasteiger partial charge in [-0.15, -0.1) is 0 Å². The first-order chi connectivity index (χ1) is 16.1. The van der Waals surface area contributed by atoms with Gasteiger partial charge in [-0.2, -0.15) is 5.10 Å². The van der Waals surface area contributed by atoms with Crippen molar-refractivity contribution in [3.8, 4) is 11.1 Å². The monoisotopic (exact) mass is 446 g/mol. The predicted octanol–water partition coefficient (Wildman–Crippen LogP) is 4.04. The molecule has 33 heavy (non-hydrogen) atoms. The van der Waals surface area contributed by atoms with Crippen LogP contribution in [0.4, 0.5) is 5.82 Å². The number of aromatic nitrogens is 3. The number of benzene rings is 1. The Labute approximate surface area is 195 Å². The summed E-state index contributed by atoms with van der Waals surface area (Å²) in [5.74, 6) is 0.610. The molecule has 0 bridgehead atoms. The summed E-state index contributed by atoms with van der Waals surface area (Å²) in [6.07, 6.45) is 10.0. The lowest BCUT2D eigenvalue weighted by molar-refractivity contribution is -0.117. The normalized spacial score (nSPS) is 19.9. The second kappa shape index (κ2) is 9.61. The Morgan fingerprint density at radius 3 is 2.70 bits per heavy atom. The fourth-order valence-corrected chi connectivity index (χ4v) is 5.19. The third-order valence-electron chi connectivity index (χ3n) is 7.22. The lowest BCUT2D eigenvalue weighted by Crippen LogP contribution is -2.35. The van der Waals surface area contributed by atoms with Crippen LogP contribution < -0.4 is 5.32 Å². The van der Waals surface area contributed by atoms with Gasteiger partial charge in [-0.3, -0.25) is 19.3 Å². The summed E-state index contributed by atoms with van der Waals surface area (Å²) < 4.78 is 2.01. The number of amides is 1. The first kappa shape index (κ1) is 22.0. The van der Waals surface area contributed by atoms with Crippen LogP contribution in [0.1, 0.15) is 44.7 Å². The quantitative estimate of drug-likeness (QED) is 0.619. The van der Waals surface area contributed by atoms with Crippen LogP contribution in [0.15, 0.2) is 36.7 Å². The molecule has 1 unspecified atom stereocenters. The highest BCUT2D eigenvalue weighted by Crippen LogP contribution is 2.29. The van der Waals surface area contributed by atoms with Crippen LogP contribution in [0.3, 0.4) is 0 Å². The van der Waals surface area contributed by atoms with Gasteiger partial charge in [-0.1, -0.05) is 18.6 Å². The zero-order valence-electron chi connectivity index (χ0n) is 19.8. The lowest BCUT2D eigenvalue weighted by atomic mass is 10.0. The van der Waals surface area contributed by atoms with E-state index in [-0.39, 0.29) is 5.91 Å². The number of hydrogen-bond donors (Lipinski definition) is 1. The maximum absolute atomic E-state index is 12.6. The van der Waals surface area contributed by atoms with Crippen molar-refractivity contribution in [1.29, 1.82) is 0 Å². The molecule has 2 fully saturated rings. The number of aryl methyl sites for hydroxylation is 1. The summed E-state index contributed by atoms with van der Waals surface area (Å²) >= 11 is 0. The molecular formula is C26H34N6O. The van der Waals surface area contributed by atoms with Gasteiger partial charge in [0.2, 0.25) is 5.91 Å². The molecule has 0 spiro atoms. The summed E-state index contributed by atoms with van der Waals surface area (Å²) in [5, 5.41) is 9.69. The molecule has 1 aromatic carbocycles. The Morgan fingerprint density at radius 1 is 1.06 bits per heavy atom. The molecule has 2 aliphatic heterocycles. The van der Waals surface area contributed by atoms with E-state index in [0.717, 1.165) is 42.5 Å². The van der Waals surface area contributed by atoms with E-state index in [1.165, 1.54) is 43.4 Å². The van der Waals surface area contributed by atoms with Gasteiger partial charge < -0.3 is 5.32 Å². The van der Waals surface area contributed by atoms with Crippen LogP contribution in [0.5, 0.6) is 0 Å². The van der Waals surface area contributed by atoms with E-state index >= 15 is 0 Å². The Morgan fingerprint density at radius 2 is 1.91 bits per heavy atom. The van der Waals surface area contributed by atoms with Crippen LogP contribution in [-0.4, -0.2) is 62.7 Å². The molecule has 2 saturated heterocycles. The highest BCUT2D eigenvalue weighted by molar-refractivity contribution is 5.95. The van der Waals surface area contributed by atoms with Gasteiger partial charge in [0, 0.05) is 36.8 Å². The molecule has 2 aliphatic rings. The summed E-state index contributed by atoms with van der Waals surface area (Å²) in [4.78, 5) is 21.8. The molecule has 7 heteroatoms. The average Bonchev–Trinajstić information content (AvgIpc) is 3.39. The number of hydrogen-bond acceptors (Lipinski definition) is 5. The Hall–Kier alpha value is -2.77. The molecule has 1 atom stereocenters. The summed E-state index contributed by atoms with van der Waals surface area (Å²) in [5.41, 5.74) is 3.57. The highest BCUT2D eigenvalue weighted by Gasteiger charge is 2.22. The van der Waals surface area contributed by atoms with Gasteiger partial charge in [0.05, 0.1) is 18.4 Å². The molecule has 0 saturated carbocycles. The smallest absolute Gasteiger partial charge is 0.239 e. The van der Waals surface area contributed by atoms with Crippen LogP contribution >= 0.6 is 0 Å². The molecule has 0 aliphatic carbocycles. The molecule has 5 rings (SSSR count). The molecular weight excluding hydrogens is 412 g/mol. The minimum Gasteiger partial charge on any atom is -0.310 e. The lowest BCUT2D eigenvalue weighted by Gasteiger charge is -2.26. The molecule has 4 heterocycles. The Kier molecular flexibility index (Phi) is 6.42. The standard InChI is InChI=1S/C26H34N6O/c1-19-7-6-12-32(19)18-26(33)29-25-14-22-13-20(8-9-21(22)15-27-25)23-16-28-30(2)24(23)17-31-10-4-3-5-11-31/h8-9,13-16,19H,3-7,10-12,17-18H2,1-2H3,(H,27,29,33). The largest absolute Gasteiger partial charge is 0.310 e. The van der Waals surface area contributed by atoms with Crippen molar-refractivity contribution in [1.82, 2.24) is 24.6 Å². The van der Waals surface area contributed by atoms with Gasteiger partial charge in [0.15, 0.2) is 0 Å². The van der Waals surface area contributed by atoms with E-state index < -0.39 is 0 Å². The summed E-state index contributed by atoms with van der Waals surface area (Å²) in [6.45, 7) is 6.86. The number of carbonyl (C=O) groups is 1. The molecule has 3 aromatic rings. The van der Waals surface area contributed by atoms with Crippen LogP contribution in [0, 0.1) is 0 Å². The number of likely N-dealkylation sites (tertiary alicyclic amines) is 2. The second-order valence-corrected chi connectivity index (χ2v) is 9.61. The van der Waals surface area contributed by atoms with E-state index in [1.54, 1.807) is 0 Å². The summed E-state index contributed by atoms with van der Waals surface area (Å²) in [7, 11) is 2.03. The van der Waals surface area contributed by atoms with Crippen molar-refractivity contribution in [2.45, 2.75) is 51.6 Å². The first-order valence-electron chi connectivity index (χ1n) is 12.2. The van der Waals surface area contributed by atoms with Crippen LogP contribution in [0.25, 0.3) is 21.9 Å². The first-order valence-corrected chi connectivity index (χ1v) is 12.2. The minimum absolute atomic E-state index is 0.00262. The Bertz CT molecular complexity index is 1130. The number of fused-ring (bicyclic) bond motifs is 1. The number of piperidine rings is 1. The van der Waals surface area contributed by atoms with E-state index in [4.69, 9.17) is 0 Å². The maximum atomic E-state index is 12.6. The Balaban J connectivity index is 1.35. The van der Waals surface area contributed by atoms with E-state index in [1.807, 2.05) is 30.2 Å². The SMILES string of the molecule is CC1CCCN1CC(=O)Nc1cc2cc(-c3cnn(C)c3CN3CCCCC3)ccc2cn1. The van der Waals surface area contributed by atoms with Gasteiger partial charge in [-0.05, 0) is 75.3 Å². The van der Waals surface area contributed by atoms with Crippen molar-refractivity contribution in [2.24, 2.45) is 7.05 Å². The topological polar surface area (TPSA) is 66.3 Å². The van der Waals surface area contributed by atoms with Gasteiger partial charge in [-0.25, -0.2) is 4.98 Å². The van der Waals surface area contributed by atoms with E-state index in [2.05, 4.69) is 50.3 Å². The third kappa shape index (κ3) is 4.94. The fourth-order valence-electron chi connectivity index (χ4n) is 5.19. The zero-order valence-corrected chi connectivity index (χ0v) is 19.8. The molecule has 0 radical (unpaired) electrons. The fraction of sp³-hybridized carbons (Fsp3) is 0.500.